The van der Waals surface area contributed by atoms with Crippen molar-refractivity contribution in [2.24, 2.45) is 0 Å². The Balaban J connectivity index is 1.49. The smallest absolute Gasteiger partial charge is 0.226 e. The summed E-state index contributed by atoms with van der Waals surface area (Å²) in [6.45, 7) is 4.14. The maximum absolute atomic E-state index is 6.44. The largest absolute Gasteiger partial charge is 0.309 e. The van der Waals surface area contributed by atoms with Gasteiger partial charge in [-0.3, -0.25) is 0 Å². The highest BCUT2D eigenvalue weighted by Gasteiger charge is 2.16. The Kier molecular flexibility index (Phi) is 5.24. The van der Waals surface area contributed by atoms with Crippen LogP contribution in [0, 0.1) is 13.8 Å². The topological polar surface area (TPSA) is 43.6 Å². The van der Waals surface area contributed by atoms with Gasteiger partial charge in [-0.2, -0.15) is 9.97 Å². The zero-order valence-corrected chi connectivity index (χ0v) is 21.7. The molecule has 182 valence electrons. The first-order valence-electron chi connectivity index (χ1n) is 12.6. The van der Waals surface area contributed by atoms with E-state index in [2.05, 4.69) is 132 Å². The summed E-state index contributed by atoms with van der Waals surface area (Å²) < 4.78 is 2.34. The van der Waals surface area contributed by atoms with Gasteiger partial charge in [0.1, 0.15) is 0 Å². The van der Waals surface area contributed by atoms with E-state index in [4.69, 9.17) is 16.6 Å². The van der Waals surface area contributed by atoms with E-state index in [1.165, 1.54) is 21.5 Å². The lowest BCUT2D eigenvalue weighted by atomic mass is 10.1. The van der Waals surface area contributed by atoms with Crippen LogP contribution >= 0.6 is 11.6 Å². The maximum Gasteiger partial charge on any atom is 0.226 e. The van der Waals surface area contributed by atoms with E-state index in [0.717, 1.165) is 39.0 Å². The van der Waals surface area contributed by atoms with Crippen molar-refractivity contribution in [3.63, 3.8) is 0 Å². The van der Waals surface area contributed by atoms with E-state index in [9.17, 15) is 0 Å². The molecule has 2 heterocycles. The van der Waals surface area contributed by atoms with Crippen LogP contribution in [-0.2, 0) is 0 Å². The third kappa shape index (κ3) is 3.73. The average molecular weight is 511 g/mol. The first-order valence-corrected chi connectivity index (χ1v) is 12.9. The number of aromatic nitrogens is 4. The third-order valence-electron chi connectivity index (χ3n) is 7.03. The zero-order valence-electron chi connectivity index (χ0n) is 21.0. The molecule has 0 spiro atoms. The molecule has 0 fully saturated rings. The molecular weight excluding hydrogens is 488 g/mol. The van der Waals surface area contributed by atoms with Gasteiger partial charge in [0.05, 0.1) is 16.7 Å². The lowest BCUT2D eigenvalue weighted by Gasteiger charge is -2.12. The molecule has 7 rings (SSSR count). The summed E-state index contributed by atoms with van der Waals surface area (Å²) in [6.07, 6.45) is 0. The Hall–Kier alpha value is -4.54. The van der Waals surface area contributed by atoms with Crippen molar-refractivity contribution in [1.29, 1.82) is 0 Å². The zero-order chi connectivity index (χ0) is 25.8. The molecule has 2 aromatic heterocycles. The maximum atomic E-state index is 6.44. The van der Waals surface area contributed by atoms with Crippen molar-refractivity contribution >= 4 is 44.2 Å². The second-order valence-corrected chi connectivity index (χ2v) is 10.0. The first kappa shape index (κ1) is 22.6. The fourth-order valence-electron chi connectivity index (χ4n) is 5.48. The van der Waals surface area contributed by atoms with Gasteiger partial charge in [0.15, 0.2) is 11.6 Å². The van der Waals surface area contributed by atoms with Gasteiger partial charge in [-0.1, -0.05) is 83.9 Å². The van der Waals surface area contributed by atoms with Gasteiger partial charge in [-0.05, 0) is 61.2 Å². The van der Waals surface area contributed by atoms with Crippen molar-refractivity contribution < 1.29 is 0 Å². The number of nitrogens with zero attached hydrogens (tertiary/aromatic N) is 4. The minimum atomic E-state index is 0.179. The molecule has 4 nitrogen and oxygen atoms in total. The predicted octanol–water partition coefficient (Wildman–Crippen LogP) is 8.73. The quantitative estimate of drug-likeness (QED) is 0.238. The Morgan fingerprint density at radius 1 is 0.553 bits per heavy atom. The van der Waals surface area contributed by atoms with Crippen LogP contribution in [0.1, 0.15) is 11.1 Å². The number of benzene rings is 5. The van der Waals surface area contributed by atoms with Crippen molar-refractivity contribution in [2.75, 3.05) is 0 Å². The van der Waals surface area contributed by atoms with Crippen molar-refractivity contribution in [1.82, 2.24) is 19.5 Å². The fourth-order valence-corrected chi connectivity index (χ4v) is 5.64. The van der Waals surface area contributed by atoms with E-state index in [-0.39, 0.29) is 5.28 Å². The second-order valence-electron chi connectivity index (χ2n) is 9.71. The van der Waals surface area contributed by atoms with E-state index in [0.29, 0.717) is 11.6 Å². The summed E-state index contributed by atoms with van der Waals surface area (Å²) in [5, 5.41) is 4.95. The molecule has 0 N–H and O–H groups in total. The lowest BCUT2D eigenvalue weighted by molar-refractivity contribution is 1.06. The highest BCUT2D eigenvalue weighted by atomic mass is 35.5. The molecule has 0 aliphatic carbocycles. The minimum Gasteiger partial charge on any atom is -0.309 e. The number of fused-ring (bicyclic) bond motifs is 4. The number of hydrogen-bond donors (Lipinski definition) is 0. The molecule has 7 aromatic rings. The molecular formula is C33H23ClN4. The number of rotatable bonds is 3. The molecule has 0 bridgehead atoms. The molecule has 0 unspecified atom stereocenters. The molecule has 0 aliphatic heterocycles. The van der Waals surface area contributed by atoms with Gasteiger partial charge in [0.2, 0.25) is 5.28 Å². The highest BCUT2D eigenvalue weighted by Crippen LogP contribution is 2.36. The van der Waals surface area contributed by atoms with Crippen LogP contribution in [0.4, 0.5) is 0 Å². The average Bonchev–Trinajstić information content (AvgIpc) is 3.25. The Morgan fingerprint density at radius 2 is 1.21 bits per heavy atom. The predicted molar refractivity (Wildman–Crippen MR) is 157 cm³/mol. The number of aryl methyl sites for hydroxylation is 2. The Labute approximate surface area is 225 Å². The van der Waals surface area contributed by atoms with Crippen LogP contribution in [0.2, 0.25) is 5.28 Å². The number of para-hydroxylation sites is 1. The normalized spacial score (nSPS) is 11.6. The summed E-state index contributed by atoms with van der Waals surface area (Å²) in [5.41, 5.74) is 7.50. The summed E-state index contributed by atoms with van der Waals surface area (Å²) >= 11 is 6.44. The van der Waals surface area contributed by atoms with Gasteiger partial charge in [-0.15, -0.1) is 0 Å². The van der Waals surface area contributed by atoms with Gasteiger partial charge in [-0.25, -0.2) is 4.98 Å². The first-order chi connectivity index (χ1) is 18.5. The molecule has 0 amide bonds. The van der Waals surface area contributed by atoms with E-state index < -0.39 is 0 Å². The molecule has 0 aliphatic rings. The Morgan fingerprint density at radius 3 is 2.03 bits per heavy atom. The van der Waals surface area contributed by atoms with Crippen molar-refractivity contribution in [2.45, 2.75) is 13.8 Å². The van der Waals surface area contributed by atoms with Crippen LogP contribution in [0.15, 0.2) is 103 Å². The standard InChI is InChI=1S/C33H23ClN4/c1-20-16-21(2)18-24(17-20)32-35-31(36-33(34)37-32)23-14-15-27-26-11-5-6-12-29(26)38(30(27)19-23)28-13-7-9-22-8-3-4-10-25(22)28/h3-19H,1-2H3. The van der Waals surface area contributed by atoms with Gasteiger partial charge in [0.25, 0.3) is 0 Å². The van der Waals surface area contributed by atoms with Gasteiger partial charge >= 0.3 is 0 Å². The molecule has 0 radical (unpaired) electrons. The number of hydrogen-bond acceptors (Lipinski definition) is 3. The Bertz CT molecular complexity index is 2000. The van der Waals surface area contributed by atoms with E-state index in [1.54, 1.807) is 0 Å². The molecule has 5 heteroatoms. The molecule has 5 aromatic carbocycles. The van der Waals surface area contributed by atoms with Crippen LogP contribution in [-0.4, -0.2) is 19.5 Å². The van der Waals surface area contributed by atoms with Crippen LogP contribution in [0.5, 0.6) is 0 Å². The molecule has 38 heavy (non-hydrogen) atoms. The summed E-state index contributed by atoms with van der Waals surface area (Å²) in [6, 6.07) is 36.1. The number of halogens is 1. The summed E-state index contributed by atoms with van der Waals surface area (Å²) in [7, 11) is 0. The lowest BCUT2D eigenvalue weighted by Crippen LogP contribution is -1.99. The molecule has 0 saturated heterocycles. The van der Waals surface area contributed by atoms with Gasteiger partial charge < -0.3 is 4.57 Å². The van der Waals surface area contributed by atoms with Crippen LogP contribution in [0.25, 0.3) is 61.0 Å². The van der Waals surface area contributed by atoms with Crippen molar-refractivity contribution in [3.8, 4) is 28.5 Å². The summed E-state index contributed by atoms with van der Waals surface area (Å²) in [4.78, 5) is 13.8. The van der Waals surface area contributed by atoms with Crippen LogP contribution < -0.4 is 0 Å². The summed E-state index contributed by atoms with van der Waals surface area (Å²) in [5.74, 6) is 1.12. The third-order valence-corrected chi connectivity index (χ3v) is 7.20. The minimum absolute atomic E-state index is 0.179. The van der Waals surface area contributed by atoms with Crippen LogP contribution in [0.3, 0.4) is 0 Å². The monoisotopic (exact) mass is 510 g/mol. The van der Waals surface area contributed by atoms with Crippen molar-refractivity contribution in [3.05, 3.63) is 120 Å². The SMILES string of the molecule is Cc1cc(C)cc(-c2nc(Cl)nc(-c3ccc4c5ccccc5n(-c5cccc6ccccc56)c4c3)n2)c1. The highest BCUT2D eigenvalue weighted by molar-refractivity contribution is 6.28. The van der Waals surface area contributed by atoms with Gasteiger partial charge in [0, 0.05) is 27.3 Å². The molecule has 0 saturated carbocycles. The second kappa shape index (κ2) is 8.79. The van der Waals surface area contributed by atoms with E-state index >= 15 is 0 Å². The fraction of sp³-hybridized carbons (Fsp3) is 0.0606. The van der Waals surface area contributed by atoms with E-state index in [1.807, 2.05) is 0 Å². The molecule has 0 atom stereocenters.